The van der Waals surface area contributed by atoms with Gasteiger partial charge in [0.05, 0.1) is 9.92 Å². The van der Waals surface area contributed by atoms with Gasteiger partial charge in [-0.25, -0.2) is 12.8 Å². The Morgan fingerprint density at radius 3 is 2.24 bits per heavy atom. The zero-order valence-electron chi connectivity index (χ0n) is 17.3. The van der Waals surface area contributed by atoms with E-state index in [0.717, 1.165) is 12.1 Å². The molecule has 3 aromatic rings. The smallest absolute Gasteiger partial charge is 0.262 e. The zero-order valence-corrected chi connectivity index (χ0v) is 18.8. The molecule has 8 nitrogen and oxygen atoms in total. The molecule has 3 aromatic carbocycles. The van der Waals surface area contributed by atoms with Crippen LogP contribution in [0.1, 0.15) is 6.92 Å². The molecule has 0 saturated heterocycles. The van der Waals surface area contributed by atoms with Crippen molar-refractivity contribution in [3.63, 3.8) is 0 Å². The summed E-state index contributed by atoms with van der Waals surface area (Å²) in [6, 6.07) is 15.2. The monoisotopic (exact) mass is 491 g/mol. The van der Waals surface area contributed by atoms with Crippen molar-refractivity contribution >= 4 is 50.5 Å². The van der Waals surface area contributed by atoms with E-state index < -0.39 is 21.7 Å². The number of halogens is 2. The Morgan fingerprint density at radius 2 is 1.61 bits per heavy atom. The summed E-state index contributed by atoms with van der Waals surface area (Å²) in [5.41, 5.74) is 1.16. The molecule has 33 heavy (non-hydrogen) atoms. The molecular weight excluding hydrogens is 473 g/mol. The molecule has 3 rings (SSSR count). The predicted octanol–water partition coefficient (Wildman–Crippen LogP) is 4.26. The molecule has 0 saturated carbocycles. The highest BCUT2D eigenvalue weighted by atomic mass is 35.5. The minimum atomic E-state index is -3.97. The SMILES string of the molecule is CC(=O)Nc1cccc(NC(=O)COc2ccc(S(=O)(=O)Nc3ccc(F)cc3)cc2Cl)c1. The second kappa shape index (κ2) is 10.3. The fourth-order valence-electron chi connectivity index (χ4n) is 2.72. The average molecular weight is 492 g/mol. The maximum atomic E-state index is 13.0. The Kier molecular flexibility index (Phi) is 7.52. The first-order valence-electron chi connectivity index (χ1n) is 9.50. The van der Waals surface area contributed by atoms with Gasteiger partial charge in [-0.2, -0.15) is 0 Å². The lowest BCUT2D eigenvalue weighted by Crippen LogP contribution is -2.20. The molecule has 0 bridgehead atoms. The zero-order chi connectivity index (χ0) is 24.0. The quantitative estimate of drug-likeness (QED) is 0.436. The molecule has 0 heterocycles. The molecule has 0 aromatic heterocycles. The number of hydrogen-bond acceptors (Lipinski definition) is 5. The number of ether oxygens (including phenoxy) is 1. The van der Waals surface area contributed by atoms with Gasteiger partial charge < -0.3 is 15.4 Å². The van der Waals surface area contributed by atoms with E-state index in [-0.39, 0.29) is 33.9 Å². The van der Waals surface area contributed by atoms with Gasteiger partial charge in [-0.05, 0) is 60.7 Å². The maximum Gasteiger partial charge on any atom is 0.262 e. The van der Waals surface area contributed by atoms with Gasteiger partial charge in [-0.3, -0.25) is 14.3 Å². The average Bonchev–Trinajstić information content (AvgIpc) is 2.74. The summed E-state index contributed by atoms with van der Waals surface area (Å²) in [5, 5.41) is 5.21. The number of nitrogens with one attached hydrogen (secondary N) is 3. The number of anilines is 3. The number of sulfonamides is 1. The molecule has 172 valence electrons. The highest BCUT2D eigenvalue weighted by Gasteiger charge is 2.17. The fourth-order valence-corrected chi connectivity index (χ4v) is 4.10. The van der Waals surface area contributed by atoms with E-state index in [0.29, 0.717) is 11.4 Å². The number of amides is 2. The third-order valence-electron chi connectivity index (χ3n) is 4.14. The van der Waals surface area contributed by atoms with Crippen LogP contribution in [-0.2, 0) is 19.6 Å². The Morgan fingerprint density at radius 1 is 0.939 bits per heavy atom. The number of benzene rings is 3. The van der Waals surface area contributed by atoms with E-state index in [9.17, 15) is 22.4 Å². The highest BCUT2D eigenvalue weighted by Crippen LogP contribution is 2.28. The van der Waals surface area contributed by atoms with Crippen molar-refractivity contribution < 1.29 is 27.1 Å². The van der Waals surface area contributed by atoms with Gasteiger partial charge in [-0.1, -0.05) is 17.7 Å². The van der Waals surface area contributed by atoms with Crippen LogP contribution < -0.4 is 20.1 Å². The lowest BCUT2D eigenvalue weighted by Gasteiger charge is -2.12. The van der Waals surface area contributed by atoms with Crippen molar-refractivity contribution in [1.82, 2.24) is 0 Å². The number of hydrogen-bond donors (Lipinski definition) is 3. The third kappa shape index (κ3) is 6.93. The van der Waals surface area contributed by atoms with Crippen molar-refractivity contribution in [2.24, 2.45) is 0 Å². The first-order chi connectivity index (χ1) is 15.6. The van der Waals surface area contributed by atoms with Crippen molar-refractivity contribution in [1.29, 1.82) is 0 Å². The predicted molar refractivity (Wildman–Crippen MR) is 124 cm³/mol. The van der Waals surface area contributed by atoms with E-state index in [1.54, 1.807) is 24.3 Å². The van der Waals surface area contributed by atoms with Crippen molar-refractivity contribution in [3.8, 4) is 5.75 Å². The van der Waals surface area contributed by atoms with Gasteiger partial charge in [0.2, 0.25) is 5.91 Å². The Balaban J connectivity index is 1.61. The van der Waals surface area contributed by atoms with Gasteiger partial charge in [0.1, 0.15) is 11.6 Å². The maximum absolute atomic E-state index is 13.0. The fraction of sp³-hybridized carbons (Fsp3) is 0.0909. The summed E-state index contributed by atoms with van der Waals surface area (Å²) in [5.74, 6) is -1.11. The Labute approximate surface area is 194 Å². The summed E-state index contributed by atoms with van der Waals surface area (Å²) in [4.78, 5) is 23.2. The van der Waals surface area contributed by atoms with Crippen LogP contribution in [0.25, 0.3) is 0 Å². The lowest BCUT2D eigenvalue weighted by atomic mass is 10.2. The normalized spacial score (nSPS) is 10.9. The van der Waals surface area contributed by atoms with Crippen LogP contribution in [0.3, 0.4) is 0 Å². The number of carbonyl (C=O) groups is 2. The van der Waals surface area contributed by atoms with E-state index >= 15 is 0 Å². The van der Waals surface area contributed by atoms with Gasteiger partial charge >= 0.3 is 0 Å². The molecular formula is C22H19ClFN3O5S. The largest absolute Gasteiger partial charge is 0.482 e. The summed E-state index contributed by atoms with van der Waals surface area (Å²) in [6.07, 6.45) is 0. The number of carbonyl (C=O) groups excluding carboxylic acids is 2. The summed E-state index contributed by atoms with van der Waals surface area (Å²) >= 11 is 6.13. The molecule has 0 atom stereocenters. The van der Waals surface area contributed by atoms with Crippen LogP contribution in [0.5, 0.6) is 5.75 Å². The highest BCUT2D eigenvalue weighted by molar-refractivity contribution is 7.92. The summed E-state index contributed by atoms with van der Waals surface area (Å²) in [7, 11) is -3.97. The number of rotatable bonds is 8. The van der Waals surface area contributed by atoms with Crippen LogP contribution in [0, 0.1) is 5.82 Å². The minimum Gasteiger partial charge on any atom is -0.482 e. The van der Waals surface area contributed by atoms with Crippen LogP contribution in [0.2, 0.25) is 5.02 Å². The minimum absolute atomic E-state index is 0.0163. The molecule has 0 aliphatic rings. The van der Waals surface area contributed by atoms with E-state index in [2.05, 4.69) is 15.4 Å². The molecule has 2 amide bonds. The lowest BCUT2D eigenvalue weighted by molar-refractivity contribution is -0.118. The second-order valence-electron chi connectivity index (χ2n) is 6.80. The molecule has 11 heteroatoms. The Hall–Kier alpha value is -3.63. The van der Waals surface area contributed by atoms with Gasteiger partial charge in [-0.15, -0.1) is 0 Å². The standard InChI is InChI=1S/C22H19ClFN3O5S/c1-14(28)25-17-3-2-4-18(11-17)26-22(29)13-32-21-10-9-19(12-20(21)23)33(30,31)27-16-7-5-15(24)6-8-16/h2-12,27H,13H2,1H3,(H,25,28)(H,26,29). The van der Waals surface area contributed by atoms with Crippen LogP contribution in [0.4, 0.5) is 21.5 Å². The second-order valence-corrected chi connectivity index (χ2v) is 8.89. The van der Waals surface area contributed by atoms with E-state index in [1.165, 1.54) is 37.3 Å². The van der Waals surface area contributed by atoms with Crippen LogP contribution >= 0.6 is 11.6 Å². The van der Waals surface area contributed by atoms with E-state index in [1.807, 2.05) is 0 Å². The molecule has 0 spiro atoms. The first-order valence-corrected chi connectivity index (χ1v) is 11.4. The van der Waals surface area contributed by atoms with Gasteiger partial charge in [0.25, 0.3) is 15.9 Å². The third-order valence-corrected chi connectivity index (χ3v) is 5.81. The molecule has 0 aliphatic heterocycles. The molecule has 0 aliphatic carbocycles. The molecule has 0 fully saturated rings. The van der Waals surface area contributed by atoms with Crippen molar-refractivity contribution in [2.45, 2.75) is 11.8 Å². The van der Waals surface area contributed by atoms with Crippen LogP contribution in [-0.4, -0.2) is 26.8 Å². The van der Waals surface area contributed by atoms with Crippen molar-refractivity contribution in [2.75, 3.05) is 22.0 Å². The van der Waals surface area contributed by atoms with E-state index in [4.69, 9.17) is 16.3 Å². The molecule has 0 unspecified atom stereocenters. The van der Waals surface area contributed by atoms with Crippen LogP contribution in [0.15, 0.2) is 71.6 Å². The molecule has 3 N–H and O–H groups in total. The topological polar surface area (TPSA) is 114 Å². The molecule has 0 radical (unpaired) electrons. The summed E-state index contributed by atoms with van der Waals surface area (Å²) < 4.78 is 45.8. The first kappa shape index (κ1) is 24.0. The Bertz CT molecular complexity index is 1280. The summed E-state index contributed by atoms with van der Waals surface area (Å²) in [6.45, 7) is 0.988. The van der Waals surface area contributed by atoms with Gasteiger partial charge in [0.15, 0.2) is 6.61 Å². The van der Waals surface area contributed by atoms with Gasteiger partial charge in [0, 0.05) is 24.0 Å². The van der Waals surface area contributed by atoms with Crippen molar-refractivity contribution in [3.05, 3.63) is 77.6 Å².